The Bertz CT molecular complexity index is 265. The van der Waals surface area contributed by atoms with Gasteiger partial charge in [0.1, 0.15) is 0 Å². The van der Waals surface area contributed by atoms with Crippen molar-refractivity contribution in [3.05, 3.63) is 0 Å². The molecule has 0 radical (unpaired) electrons. The van der Waals surface area contributed by atoms with E-state index in [1.54, 1.807) is 4.90 Å². The lowest BCUT2D eigenvalue weighted by atomic mass is 10.0. The van der Waals surface area contributed by atoms with Crippen LogP contribution < -0.4 is 0 Å². The summed E-state index contributed by atoms with van der Waals surface area (Å²) >= 11 is 0. The molecular weight excluding hydrogens is 216 g/mol. The normalized spacial score (nSPS) is 32.2. The van der Waals surface area contributed by atoms with E-state index in [0.29, 0.717) is 11.8 Å². The second kappa shape index (κ2) is 5.25. The number of rotatable bonds is 4. The van der Waals surface area contributed by atoms with Gasteiger partial charge in [-0.05, 0) is 43.7 Å². The van der Waals surface area contributed by atoms with Gasteiger partial charge in [0.25, 0.3) is 0 Å². The van der Waals surface area contributed by atoms with Crippen LogP contribution in [0, 0.1) is 17.8 Å². The first-order valence-electron chi connectivity index (χ1n) is 6.84. The van der Waals surface area contributed by atoms with E-state index in [4.69, 9.17) is 5.11 Å². The first kappa shape index (κ1) is 12.7. The summed E-state index contributed by atoms with van der Waals surface area (Å²) in [6.45, 7) is 9.43. The van der Waals surface area contributed by atoms with Gasteiger partial charge >= 0.3 is 6.09 Å². The average molecular weight is 240 g/mol. The topological polar surface area (TPSA) is 43.8 Å². The molecule has 1 unspecified atom stereocenters. The first-order valence-corrected chi connectivity index (χ1v) is 6.84. The molecule has 4 nitrogen and oxygen atoms in total. The van der Waals surface area contributed by atoms with E-state index in [2.05, 4.69) is 18.7 Å². The molecule has 4 heteroatoms. The lowest BCUT2D eigenvalue weighted by Gasteiger charge is -2.23. The van der Waals surface area contributed by atoms with Crippen LogP contribution in [0.25, 0.3) is 0 Å². The Hall–Kier alpha value is -0.770. The van der Waals surface area contributed by atoms with Crippen LogP contribution in [0.1, 0.15) is 26.7 Å². The van der Waals surface area contributed by atoms with Gasteiger partial charge in [-0.2, -0.15) is 0 Å². The third kappa shape index (κ3) is 2.73. The first-order chi connectivity index (χ1) is 8.13. The summed E-state index contributed by atoms with van der Waals surface area (Å²) < 4.78 is 0. The summed E-state index contributed by atoms with van der Waals surface area (Å²) in [6, 6.07) is 0. The summed E-state index contributed by atoms with van der Waals surface area (Å²) in [7, 11) is 0. The van der Waals surface area contributed by atoms with Crippen LogP contribution in [-0.2, 0) is 0 Å². The van der Waals surface area contributed by atoms with Crippen LogP contribution in [0.4, 0.5) is 4.79 Å². The Morgan fingerprint density at radius 1 is 1.24 bits per heavy atom. The molecule has 2 aliphatic rings. The molecule has 1 aliphatic carbocycles. The van der Waals surface area contributed by atoms with E-state index < -0.39 is 6.09 Å². The number of hydrogen-bond donors (Lipinski definition) is 1. The smallest absolute Gasteiger partial charge is 0.407 e. The highest BCUT2D eigenvalue weighted by atomic mass is 16.4. The van der Waals surface area contributed by atoms with Crippen molar-refractivity contribution in [2.75, 3.05) is 32.7 Å². The fraction of sp³-hybridized carbons (Fsp3) is 0.923. The minimum Gasteiger partial charge on any atom is -0.465 e. The summed E-state index contributed by atoms with van der Waals surface area (Å²) in [6.07, 6.45) is 1.72. The van der Waals surface area contributed by atoms with Gasteiger partial charge in [-0.3, -0.25) is 0 Å². The second-order valence-corrected chi connectivity index (χ2v) is 5.53. The van der Waals surface area contributed by atoms with Crippen LogP contribution in [-0.4, -0.2) is 53.7 Å². The zero-order valence-corrected chi connectivity index (χ0v) is 10.9. The quantitative estimate of drug-likeness (QED) is 0.817. The molecule has 1 amide bonds. The van der Waals surface area contributed by atoms with E-state index in [1.165, 1.54) is 19.4 Å². The maximum Gasteiger partial charge on any atom is 0.407 e. The predicted octanol–water partition coefficient (Wildman–Crippen LogP) is 1.96. The predicted molar refractivity (Wildman–Crippen MR) is 67.1 cm³/mol. The lowest BCUT2D eigenvalue weighted by Crippen LogP contribution is -2.31. The molecule has 1 heterocycles. The summed E-state index contributed by atoms with van der Waals surface area (Å²) in [5, 5.41) is 8.97. The van der Waals surface area contributed by atoms with Crippen LogP contribution in [0.5, 0.6) is 0 Å². The van der Waals surface area contributed by atoms with Crippen molar-refractivity contribution in [2.45, 2.75) is 26.7 Å². The number of hydrogen-bond acceptors (Lipinski definition) is 2. The Labute approximate surface area is 104 Å². The van der Waals surface area contributed by atoms with E-state index in [0.717, 1.165) is 32.1 Å². The fourth-order valence-electron chi connectivity index (χ4n) is 3.58. The highest BCUT2D eigenvalue weighted by Crippen LogP contribution is 2.41. The Morgan fingerprint density at radius 2 is 1.76 bits per heavy atom. The Balaban J connectivity index is 1.81. The number of carbonyl (C=O) groups is 1. The van der Waals surface area contributed by atoms with Crippen molar-refractivity contribution in [1.82, 2.24) is 9.80 Å². The van der Waals surface area contributed by atoms with Gasteiger partial charge in [0.15, 0.2) is 0 Å². The Kier molecular flexibility index (Phi) is 3.92. The molecule has 0 aromatic carbocycles. The second-order valence-electron chi connectivity index (χ2n) is 5.53. The molecule has 3 atom stereocenters. The van der Waals surface area contributed by atoms with Crippen molar-refractivity contribution in [1.29, 1.82) is 0 Å². The molecule has 17 heavy (non-hydrogen) atoms. The summed E-state index contributed by atoms with van der Waals surface area (Å²) in [4.78, 5) is 15.0. The third-order valence-electron chi connectivity index (χ3n) is 4.53. The van der Waals surface area contributed by atoms with Gasteiger partial charge in [0.2, 0.25) is 0 Å². The Morgan fingerprint density at radius 3 is 2.18 bits per heavy atom. The average Bonchev–Trinajstić information content (AvgIpc) is 2.83. The molecule has 1 aliphatic heterocycles. The minimum atomic E-state index is -0.736. The van der Waals surface area contributed by atoms with Gasteiger partial charge in [-0.1, -0.05) is 13.8 Å². The van der Waals surface area contributed by atoms with E-state index in [-0.39, 0.29) is 0 Å². The zero-order valence-electron chi connectivity index (χ0n) is 10.9. The maximum absolute atomic E-state index is 10.9. The van der Waals surface area contributed by atoms with Crippen LogP contribution in [0.15, 0.2) is 0 Å². The summed E-state index contributed by atoms with van der Waals surface area (Å²) in [5.41, 5.74) is 0. The van der Waals surface area contributed by atoms with E-state index in [9.17, 15) is 4.79 Å². The summed E-state index contributed by atoms with van der Waals surface area (Å²) in [5.74, 6) is 2.05. The van der Waals surface area contributed by atoms with Crippen LogP contribution in [0.3, 0.4) is 0 Å². The maximum atomic E-state index is 10.9. The number of amides is 1. The minimum absolute atomic E-state index is 0.631. The monoisotopic (exact) mass is 240 g/mol. The SMILES string of the molecule is CCN(CC)CC1C[C@@H]2CN(C(=O)O)C[C@@H]2C1. The van der Waals surface area contributed by atoms with Gasteiger partial charge in [0, 0.05) is 19.6 Å². The van der Waals surface area contributed by atoms with Gasteiger partial charge in [-0.25, -0.2) is 4.79 Å². The lowest BCUT2D eigenvalue weighted by molar-refractivity contribution is 0.150. The van der Waals surface area contributed by atoms with Crippen molar-refractivity contribution in [3.8, 4) is 0 Å². The number of fused-ring (bicyclic) bond motifs is 1. The fourth-order valence-corrected chi connectivity index (χ4v) is 3.58. The van der Waals surface area contributed by atoms with Gasteiger partial charge in [-0.15, -0.1) is 0 Å². The zero-order chi connectivity index (χ0) is 12.4. The van der Waals surface area contributed by atoms with Gasteiger partial charge < -0.3 is 14.9 Å². The molecule has 1 N–H and O–H groups in total. The van der Waals surface area contributed by atoms with Crippen LogP contribution >= 0.6 is 0 Å². The standard InChI is InChI=1S/C13H24N2O2/c1-3-14(4-2)7-10-5-11-8-15(13(16)17)9-12(11)6-10/h10-12H,3-9H2,1-2H3,(H,16,17)/t10?,11-,12+. The van der Waals surface area contributed by atoms with Gasteiger partial charge in [0.05, 0.1) is 0 Å². The third-order valence-corrected chi connectivity index (χ3v) is 4.53. The largest absolute Gasteiger partial charge is 0.465 e. The molecule has 0 bridgehead atoms. The molecule has 98 valence electrons. The number of carboxylic acid groups (broad SMARTS) is 1. The number of likely N-dealkylation sites (tertiary alicyclic amines) is 1. The van der Waals surface area contributed by atoms with Crippen molar-refractivity contribution in [3.63, 3.8) is 0 Å². The molecule has 0 spiro atoms. The highest BCUT2D eigenvalue weighted by molar-refractivity contribution is 5.65. The van der Waals surface area contributed by atoms with Crippen LogP contribution in [0.2, 0.25) is 0 Å². The molecule has 2 rings (SSSR count). The van der Waals surface area contributed by atoms with E-state index >= 15 is 0 Å². The highest BCUT2D eigenvalue weighted by Gasteiger charge is 2.42. The number of nitrogens with zero attached hydrogens (tertiary/aromatic N) is 2. The molecule has 1 saturated carbocycles. The van der Waals surface area contributed by atoms with Crippen molar-refractivity contribution in [2.24, 2.45) is 17.8 Å². The molecule has 1 saturated heterocycles. The van der Waals surface area contributed by atoms with Crippen molar-refractivity contribution >= 4 is 6.09 Å². The molecule has 0 aromatic rings. The molecule has 2 fully saturated rings. The molecular formula is C13H24N2O2. The molecule has 0 aromatic heterocycles. The van der Waals surface area contributed by atoms with Crippen molar-refractivity contribution < 1.29 is 9.90 Å². The van der Waals surface area contributed by atoms with E-state index in [1.807, 2.05) is 0 Å².